The van der Waals surface area contributed by atoms with Crippen molar-refractivity contribution in [2.75, 3.05) is 13.2 Å². The molecule has 3 N–H and O–H groups in total. The summed E-state index contributed by atoms with van der Waals surface area (Å²) in [5.74, 6) is -3.65. The second-order valence-electron chi connectivity index (χ2n) is 7.09. The van der Waals surface area contributed by atoms with E-state index in [2.05, 4.69) is 0 Å². The molecule has 4 rings (SSSR count). The second-order valence-corrected chi connectivity index (χ2v) is 7.09. The fourth-order valence-electron chi connectivity index (χ4n) is 3.23. The Hall–Kier alpha value is -4.12. The molecule has 2 heterocycles. The number of carbonyl (C=O) groups is 2. The van der Waals surface area contributed by atoms with Gasteiger partial charge in [0.25, 0.3) is 0 Å². The smallest absolute Gasteiger partial charge is 0.490 e. The maximum absolute atomic E-state index is 12.3. The largest absolute Gasteiger partial charge is 2.00 e. The van der Waals surface area contributed by atoms with Crippen LogP contribution < -0.4 is 20.3 Å². The van der Waals surface area contributed by atoms with Gasteiger partial charge in [-0.2, -0.15) is 0 Å². The number of carboxylic acids is 2. The summed E-state index contributed by atoms with van der Waals surface area (Å²) in [6.07, 6.45) is -1.19. The van der Waals surface area contributed by atoms with Crippen LogP contribution >= 0.6 is 0 Å². The first-order valence-electron chi connectivity index (χ1n) is 9.78. The van der Waals surface area contributed by atoms with E-state index in [-0.39, 0.29) is 63.7 Å². The molecule has 4 aromatic rings. The standard InChI is InChI=1S/C23H16O11.Cu/c24-11(9-31-14-3-1-5-16-20(14)12(25)7-18(33-16)22(27)28)10-32-15-4-2-6-17-21(15)13(26)8-19(34-17)23(29)30;/h1-8,11,24H,9-10H2,(H,27,28)(H,29,30);/q;+2. The van der Waals surface area contributed by atoms with Crippen molar-refractivity contribution >= 4 is 33.9 Å². The average molecular weight is 532 g/mol. The SMILES string of the molecule is O=C(O)c1cc(=O)c2c(OCC(O)COc3cccc4oc(C(=O)O)cc(=O)c34)cccc2o1.[Cu+2]. The maximum Gasteiger partial charge on any atom is 2.00 e. The molecule has 183 valence electrons. The third kappa shape index (κ3) is 5.35. The van der Waals surface area contributed by atoms with Gasteiger partial charge in [-0.3, -0.25) is 9.59 Å². The van der Waals surface area contributed by atoms with Crippen LogP contribution in [0.1, 0.15) is 21.1 Å². The number of aliphatic hydroxyl groups excluding tert-OH is 1. The molecule has 0 aliphatic heterocycles. The molecular formula is C23H16CuO11+2. The Bertz CT molecular complexity index is 1420. The third-order valence-corrected chi connectivity index (χ3v) is 4.72. The average Bonchev–Trinajstić information content (AvgIpc) is 2.80. The quantitative estimate of drug-likeness (QED) is 0.284. The molecule has 0 atom stereocenters. The molecule has 0 aliphatic rings. The van der Waals surface area contributed by atoms with Crippen molar-refractivity contribution in [2.24, 2.45) is 0 Å². The number of carboxylic acid groups (broad SMARTS) is 2. The van der Waals surface area contributed by atoms with E-state index >= 15 is 0 Å². The number of hydrogen-bond acceptors (Lipinski definition) is 9. The van der Waals surface area contributed by atoms with E-state index in [1.54, 1.807) is 0 Å². The minimum absolute atomic E-state index is 0. The molecule has 11 nitrogen and oxygen atoms in total. The number of aliphatic hydroxyl groups is 1. The molecule has 1 radical (unpaired) electrons. The fraction of sp³-hybridized carbons (Fsp3) is 0.130. The van der Waals surface area contributed by atoms with Crippen LogP contribution in [0.25, 0.3) is 21.9 Å². The number of ether oxygens (including phenoxy) is 2. The molecule has 0 saturated carbocycles. The van der Waals surface area contributed by atoms with Crippen molar-refractivity contribution in [3.05, 3.63) is 80.5 Å². The third-order valence-electron chi connectivity index (χ3n) is 4.72. The Morgan fingerprint density at radius 1 is 0.771 bits per heavy atom. The second kappa shape index (κ2) is 10.4. The van der Waals surface area contributed by atoms with E-state index in [0.717, 1.165) is 12.1 Å². The molecular weight excluding hydrogens is 516 g/mol. The minimum Gasteiger partial charge on any atom is -0.490 e. The van der Waals surface area contributed by atoms with Crippen LogP contribution in [-0.4, -0.2) is 46.6 Å². The molecule has 2 aromatic carbocycles. The molecule has 0 fully saturated rings. The van der Waals surface area contributed by atoms with E-state index in [1.165, 1.54) is 36.4 Å². The van der Waals surface area contributed by atoms with Crippen molar-refractivity contribution in [1.29, 1.82) is 0 Å². The molecule has 0 amide bonds. The number of hydrogen-bond donors (Lipinski definition) is 3. The summed E-state index contributed by atoms with van der Waals surface area (Å²) < 4.78 is 21.4. The van der Waals surface area contributed by atoms with Gasteiger partial charge in [-0.05, 0) is 24.3 Å². The van der Waals surface area contributed by atoms with Gasteiger partial charge in [0.05, 0.1) is 0 Å². The Morgan fingerprint density at radius 2 is 1.17 bits per heavy atom. The summed E-state index contributed by atoms with van der Waals surface area (Å²) in [6.45, 7) is -0.608. The fourth-order valence-corrected chi connectivity index (χ4v) is 3.23. The first-order chi connectivity index (χ1) is 16.2. The van der Waals surface area contributed by atoms with Crippen molar-refractivity contribution < 1.29 is 60.3 Å². The predicted molar refractivity (Wildman–Crippen MR) is 116 cm³/mol. The molecule has 12 heteroatoms. The van der Waals surface area contributed by atoms with Gasteiger partial charge in [0.1, 0.15) is 52.8 Å². The van der Waals surface area contributed by atoms with Crippen molar-refractivity contribution in [3.8, 4) is 11.5 Å². The van der Waals surface area contributed by atoms with E-state index < -0.39 is 40.4 Å². The maximum atomic E-state index is 12.3. The Kier molecular flexibility index (Phi) is 7.60. The summed E-state index contributed by atoms with van der Waals surface area (Å²) in [4.78, 5) is 46.8. The van der Waals surface area contributed by atoms with E-state index in [4.69, 9.17) is 28.5 Å². The zero-order valence-electron chi connectivity index (χ0n) is 17.5. The van der Waals surface area contributed by atoms with Crippen LogP contribution in [0, 0.1) is 0 Å². The van der Waals surface area contributed by atoms with Crippen molar-refractivity contribution in [2.45, 2.75) is 6.10 Å². The number of rotatable bonds is 8. The van der Waals surface area contributed by atoms with Crippen LogP contribution in [0.4, 0.5) is 0 Å². The van der Waals surface area contributed by atoms with Crippen molar-refractivity contribution in [3.63, 3.8) is 0 Å². The normalized spacial score (nSPS) is 10.8. The van der Waals surface area contributed by atoms with Gasteiger partial charge in [0, 0.05) is 12.1 Å². The molecule has 0 saturated heterocycles. The summed E-state index contributed by atoms with van der Waals surface area (Å²) in [5.41, 5.74) is -1.22. The monoisotopic (exact) mass is 531 g/mol. The van der Waals surface area contributed by atoms with Crippen molar-refractivity contribution in [1.82, 2.24) is 0 Å². The number of aromatic carboxylic acids is 2. The summed E-state index contributed by atoms with van der Waals surface area (Å²) in [6, 6.07) is 10.4. The number of benzene rings is 2. The van der Waals surface area contributed by atoms with Gasteiger partial charge < -0.3 is 33.6 Å². The molecule has 0 bridgehead atoms. The molecule has 0 unspecified atom stereocenters. The van der Waals surface area contributed by atoms with Gasteiger partial charge in [0.15, 0.2) is 10.9 Å². The predicted octanol–water partition coefficient (Wildman–Crippen LogP) is 2.11. The van der Waals surface area contributed by atoms with Crippen LogP contribution in [0.15, 0.2) is 67.0 Å². The Morgan fingerprint density at radius 3 is 1.54 bits per heavy atom. The van der Waals surface area contributed by atoms with Gasteiger partial charge in [-0.15, -0.1) is 0 Å². The molecule has 0 spiro atoms. The van der Waals surface area contributed by atoms with E-state index in [9.17, 15) is 24.3 Å². The summed E-state index contributed by atoms with van der Waals surface area (Å²) in [5, 5.41) is 28.4. The minimum atomic E-state index is -1.39. The summed E-state index contributed by atoms with van der Waals surface area (Å²) in [7, 11) is 0. The molecule has 0 aliphatic carbocycles. The topological polar surface area (TPSA) is 174 Å². The van der Waals surface area contributed by atoms with Gasteiger partial charge in [-0.25, -0.2) is 9.59 Å². The Balaban J connectivity index is 0.00000342. The van der Waals surface area contributed by atoms with Crippen LogP contribution in [0.3, 0.4) is 0 Å². The van der Waals surface area contributed by atoms with Gasteiger partial charge >= 0.3 is 29.0 Å². The van der Waals surface area contributed by atoms with Crippen LogP contribution in [0.5, 0.6) is 11.5 Å². The van der Waals surface area contributed by atoms with Crippen LogP contribution in [0.2, 0.25) is 0 Å². The molecule has 35 heavy (non-hydrogen) atoms. The van der Waals surface area contributed by atoms with Crippen LogP contribution in [-0.2, 0) is 17.1 Å². The zero-order valence-corrected chi connectivity index (χ0v) is 18.5. The Labute approximate surface area is 205 Å². The van der Waals surface area contributed by atoms with Gasteiger partial charge in [-0.1, -0.05) is 12.1 Å². The summed E-state index contributed by atoms with van der Waals surface area (Å²) >= 11 is 0. The van der Waals surface area contributed by atoms with Gasteiger partial charge in [0.2, 0.25) is 11.5 Å². The first-order valence-corrected chi connectivity index (χ1v) is 9.78. The first kappa shape index (κ1) is 25.5. The zero-order chi connectivity index (χ0) is 24.4. The van der Waals surface area contributed by atoms with E-state index in [1.807, 2.05) is 0 Å². The van der Waals surface area contributed by atoms with E-state index in [0.29, 0.717) is 0 Å². The molecule has 2 aromatic heterocycles. The number of fused-ring (bicyclic) bond motifs is 2.